The predicted octanol–water partition coefficient (Wildman–Crippen LogP) is 0.203. The van der Waals surface area contributed by atoms with Crippen molar-refractivity contribution in [3.63, 3.8) is 0 Å². The molecule has 0 aromatic heterocycles. The lowest BCUT2D eigenvalue weighted by Crippen LogP contribution is -2.62. The summed E-state index contributed by atoms with van der Waals surface area (Å²) in [6.07, 6.45) is -16.5. The van der Waals surface area contributed by atoms with Crippen molar-refractivity contribution in [1.29, 1.82) is 0 Å². The molecule has 0 heterocycles. The van der Waals surface area contributed by atoms with Gasteiger partial charge < -0.3 is 15.9 Å². The van der Waals surface area contributed by atoms with E-state index >= 15 is 0 Å². The van der Waals surface area contributed by atoms with E-state index in [1.807, 2.05) is 0 Å². The van der Waals surface area contributed by atoms with Crippen LogP contribution in [0.15, 0.2) is 0 Å². The summed E-state index contributed by atoms with van der Waals surface area (Å²) in [5.74, 6) is 0. The van der Waals surface area contributed by atoms with Crippen molar-refractivity contribution in [2.45, 2.75) is 30.5 Å². The molecule has 0 amide bonds. The minimum atomic E-state index is -5.91. The lowest BCUT2D eigenvalue weighted by Gasteiger charge is -2.34. The minimum Gasteiger partial charge on any atom is -0.389 e. The highest BCUT2D eigenvalue weighted by Gasteiger charge is 2.67. The normalized spacial score (nSPS) is 21.2. The van der Waals surface area contributed by atoms with Gasteiger partial charge in [0, 0.05) is 6.54 Å². The molecule has 0 radical (unpaired) electrons. The molecule has 0 aromatic carbocycles. The Morgan fingerprint density at radius 3 is 1.73 bits per heavy atom. The molecule has 9 heteroatoms. The molecule has 0 aliphatic heterocycles. The van der Waals surface area contributed by atoms with Crippen LogP contribution in [0.5, 0.6) is 0 Å². The zero-order valence-electron chi connectivity index (χ0n) is 7.18. The fraction of sp³-hybridized carbons (Fsp3) is 1.00. The topological polar surface area (TPSA) is 66.5 Å². The molecular formula is C6H9F6NO2. The Morgan fingerprint density at radius 1 is 1.13 bits per heavy atom. The van der Waals surface area contributed by atoms with Crippen molar-refractivity contribution in [1.82, 2.24) is 0 Å². The van der Waals surface area contributed by atoms with Gasteiger partial charge in [0.05, 0.1) is 0 Å². The van der Waals surface area contributed by atoms with Crippen LogP contribution in [0, 0.1) is 0 Å². The van der Waals surface area contributed by atoms with Crippen LogP contribution < -0.4 is 5.73 Å². The molecule has 0 bridgehead atoms. The van der Waals surface area contributed by atoms with Crippen molar-refractivity contribution in [2.75, 3.05) is 6.54 Å². The average Bonchev–Trinajstić information content (AvgIpc) is 2.11. The second-order valence-electron chi connectivity index (χ2n) is 2.83. The van der Waals surface area contributed by atoms with E-state index in [0.717, 1.165) is 0 Å². The van der Waals surface area contributed by atoms with E-state index in [9.17, 15) is 26.3 Å². The van der Waals surface area contributed by atoms with Gasteiger partial charge in [-0.25, -0.2) is 13.2 Å². The van der Waals surface area contributed by atoms with Gasteiger partial charge >= 0.3 is 6.18 Å². The van der Waals surface area contributed by atoms with Crippen molar-refractivity contribution in [3.8, 4) is 0 Å². The van der Waals surface area contributed by atoms with Crippen LogP contribution >= 0.6 is 0 Å². The Hall–Kier alpha value is -0.540. The monoisotopic (exact) mass is 241 g/mol. The highest BCUT2D eigenvalue weighted by Crippen LogP contribution is 2.40. The maximum atomic E-state index is 12.8. The summed E-state index contributed by atoms with van der Waals surface area (Å²) < 4.78 is 72.7. The van der Waals surface area contributed by atoms with Gasteiger partial charge in [0.15, 0.2) is 6.17 Å². The van der Waals surface area contributed by atoms with Gasteiger partial charge in [-0.3, -0.25) is 0 Å². The third kappa shape index (κ3) is 2.52. The van der Waals surface area contributed by atoms with E-state index < -0.39 is 37.0 Å². The van der Waals surface area contributed by atoms with Crippen LogP contribution in [0.3, 0.4) is 0 Å². The van der Waals surface area contributed by atoms with Gasteiger partial charge in [-0.1, -0.05) is 0 Å². The molecule has 3 nitrogen and oxygen atoms in total. The van der Waals surface area contributed by atoms with Crippen LogP contribution in [0.2, 0.25) is 0 Å². The fourth-order valence-corrected chi connectivity index (χ4v) is 0.813. The second kappa shape index (κ2) is 4.54. The molecule has 3 atom stereocenters. The Balaban J connectivity index is 5.13. The number of halogens is 6. The largest absolute Gasteiger partial charge is 0.425 e. The molecule has 4 N–H and O–H groups in total. The van der Waals surface area contributed by atoms with Gasteiger partial charge in [0.1, 0.15) is 6.10 Å². The second-order valence-corrected chi connectivity index (χ2v) is 2.83. The van der Waals surface area contributed by atoms with Crippen LogP contribution in [-0.4, -0.2) is 47.2 Å². The summed E-state index contributed by atoms with van der Waals surface area (Å²) in [6, 6.07) is 0. The lowest BCUT2D eigenvalue weighted by atomic mass is 9.93. The van der Waals surface area contributed by atoms with Gasteiger partial charge in [-0.15, -0.1) is 0 Å². The molecule has 0 aliphatic carbocycles. The summed E-state index contributed by atoms with van der Waals surface area (Å²) in [5, 5.41) is 17.1. The number of aliphatic hydroxyl groups is 2. The van der Waals surface area contributed by atoms with Crippen LogP contribution in [0.25, 0.3) is 0 Å². The van der Waals surface area contributed by atoms with Crippen molar-refractivity contribution in [2.24, 2.45) is 5.73 Å². The first-order valence-electron chi connectivity index (χ1n) is 3.68. The van der Waals surface area contributed by atoms with E-state index in [0.29, 0.717) is 0 Å². The van der Waals surface area contributed by atoms with E-state index in [2.05, 4.69) is 5.73 Å². The van der Waals surface area contributed by atoms with E-state index in [-0.39, 0.29) is 0 Å². The Morgan fingerprint density at radius 2 is 1.53 bits per heavy atom. The first-order valence-corrected chi connectivity index (χ1v) is 3.68. The third-order valence-electron chi connectivity index (χ3n) is 1.79. The van der Waals surface area contributed by atoms with Gasteiger partial charge in [-0.2, -0.15) is 13.2 Å². The zero-order chi connectivity index (χ0) is 12.4. The zero-order valence-corrected chi connectivity index (χ0v) is 7.18. The van der Waals surface area contributed by atoms with E-state index in [1.54, 1.807) is 0 Å². The van der Waals surface area contributed by atoms with Crippen molar-refractivity contribution < 1.29 is 36.6 Å². The first kappa shape index (κ1) is 14.5. The molecule has 92 valence electrons. The van der Waals surface area contributed by atoms with Crippen LogP contribution in [-0.2, 0) is 0 Å². The highest BCUT2D eigenvalue weighted by molar-refractivity contribution is 4.99. The molecular weight excluding hydrogens is 232 g/mol. The molecule has 15 heavy (non-hydrogen) atoms. The average molecular weight is 241 g/mol. The molecule has 0 fully saturated rings. The Kier molecular flexibility index (Phi) is 4.37. The van der Waals surface area contributed by atoms with Gasteiger partial charge in [-0.05, 0) is 0 Å². The van der Waals surface area contributed by atoms with Gasteiger partial charge in [0.2, 0.25) is 0 Å². The fourth-order valence-electron chi connectivity index (χ4n) is 0.813. The number of alkyl halides is 6. The van der Waals surface area contributed by atoms with Gasteiger partial charge in [0.25, 0.3) is 12.0 Å². The van der Waals surface area contributed by atoms with Crippen molar-refractivity contribution in [3.05, 3.63) is 0 Å². The standard InChI is InChI=1S/C6H9F6NO2/c7-3(2(14)1-13)5(15,4(8)9)6(10,11)12/h2-4,14-15H,1,13H2. The number of hydrogen-bond acceptors (Lipinski definition) is 3. The molecule has 0 aliphatic rings. The molecule has 3 unspecified atom stereocenters. The summed E-state index contributed by atoms with van der Waals surface area (Å²) in [4.78, 5) is 0. The number of aliphatic hydroxyl groups excluding tert-OH is 1. The predicted molar refractivity (Wildman–Crippen MR) is 37.0 cm³/mol. The maximum Gasteiger partial charge on any atom is 0.425 e. The molecule has 0 spiro atoms. The summed E-state index contributed by atoms with van der Waals surface area (Å²) in [6.45, 7) is -1.02. The number of rotatable bonds is 4. The minimum absolute atomic E-state index is 1.02. The quantitative estimate of drug-likeness (QED) is 0.616. The summed E-state index contributed by atoms with van der Waals surface area (Å²) in [5.41, 5.74) is -0.311. The lowest BCUT2D eigenvalue weighted by molar-refractivity contribution is -0.325. The highest BCUT2D eigenvalue weighted by atomic mass is 19.4. The van der Waals surface area contributed by atoms with Crippen LogP contribution in [0.1, 0.15) is 0 Å². The molecule has 0 saturated carbocycles. The summed E-state index contributed by atoms with van der Waals surface area (Å²) >= 11 is 0. The molecule has 0 aromatic rings. The Labute approximate surface area is 80.5 Å². The molecule has 0 saturated heterocycles. The van der Waals surface area contributed by atoms with Crippen molar-refractivity contribution >= 4 is 0 Å². The third-order valence-corrected chi connectivity index (χ3v) is 1.79. The van der Waals surface area contributed by atoms with E-state index in [1.165, 1.54) is 0 Å². The smallest absolute Gasteiger partial charge is 0.389 e. The maximum absolute atomic E-state index is 12.8. The summed E-state index contributed by atoms with van der Waals surface area (Å²) in [7, 11) is 0. The number of nitrogens with two attached hydrogens (primary N) is 1. The first-order chi connectivity index (χ1) is 6.59. The number of hydrogen-bond donors (Lipinski definition) is 3. The Bertz CT molecular complexity index is 210. The SMILES string of the molecule is NCC(O)C(F)C(O)(C(F)F)C(F)(F)F. The van der Waals surface area contributed by atoms with E-state index in [4.69, 9.17) is 10.2 Å². The molecule has 0 rings (SSSR count). The van der Waals surface area contributed by atoms with Crippen LogP contribution in [0.4, 0.5) is 26.3 Å².